The first kappa shape index (κ1) is 15.7. The Morgan fingerprint density at radius 1 is 1.33 bits per heavy atom. The number of nitrogens with zero attached hydrogens (tertiary/aromatic N) is 3. The lowest BCUT2D eigenvalue weighted by Gasteiger charge is -2.28. The van der Waals surface area contributed by atoms with E-state index in [2.05, 4.69) is 59.6 Å². The molecule has 0 amide bonds. The van der Waals surface area contributed by atoms with Crippen LogP contribution < -0.4 is 5.73 Å². The Morgan fingerprint density at radius 3 is 2.76 bits per heavy atom. The Kier molecular flexibility index (Phi) is 5.53. The monoisotopic (exact) mass is 286 g/mol. The molecule has 1 unspecified atom stereocenters. The molecule has 0 aliphatic rings. The van der Waals surface area contributed by atoms with E-state index in [0.717, 1.165) is 19.5 Å². The lowest BCUT2D eigenvalue weighted by Crippen LogP contribution is -2.32. The van der Waals surface area contributed by atoms with Gasteiger partial charge in [0.1, 0.15) is 0 Å². The third-order valence-corrected chi connectivity index (χ3v) is 3.99. The summed E-state index contributed by atoms with van der Waals surface area (Å²) in [5.74, 6) is 0. The summed E-state index contributed by atoms with van der Waals surface area (Å²) in [6.45, 7) is 6.81. The van der Waals surface area contributed by atoms with Crippen LogP contribution in [-0.2, 0) is 13.1 Å². The van der Waals surface area contributed by atoms with Crippen LogP contribution in [0, 0.1) is 6.92 Å². The van der Waals surface area contributed by atoms with Crippen LogP contribution in [-0.4, -0.2) is 28.0 Å². The number of hydrogen-bond donors (Lipinski definition) is 1. The zero-order valence-corrected chi connectivity index (χ0v) is 13.3. The smallest absolute Gasteiger partial charge is 0.0948 e. The fraction of sp³-hybridized carbons (Fsp3) is 0.471. The average Bonchev–Trinajstić information content (AvgIpc) is 2.91. The van der Waals surface area contributed by atoms with E-state index in [0.29, 0.717) is 6.54 Å². The first-order valence-electron chi connectivity index (χ1n) is 7.62. The van der Waals surface area contributed by atoms with Gasteiger partial charge in [-0.2, -0.15) is 0 Å². The Morgan fingerprint density at radius 2 is 2.10 bits per heavy atom. The van der Waals surface area contributed by atoms with Crippen LogP contribution in [0.1, 0.15) is 36.2 Å². The van der Waals surface area contributed by atoms with Crippen molar-refractivity contribution < 1.29 is 0 Å². The van der Waals surface area contributed by atoms with Crippen molar-refractivity contribution in [3.63, 3.8) is 0 Å². The molecule has 0 aliphatic carbocycles. The standard InChI is InChI=1S/C17H26N4/c1-4-9-21-13-19-11-17(21)16(10-18)20(3)12-15-8-6-5-7-14(15)2/h5-8,11,13,16H,4,9-10,12,18H2,1-3H3. The summed E-state index contributed by atoms with van der Waals surface area (Å²) in [5.41, 5.74) is 9.91. The van der Waals surface area contributed by atoms with Gasteiger partial charge in [-0.1, -0.05) is 31.2 Å². The quantitative estimate of drug-likeness (QED) is 0.851. The molecular formula is C17H26N4. The number of imidazole rings is 1. The van der Waals surface area contributed by atoms with Gasteiger partial charge < -0.3 is 10.3 Å². The van der Waals surface area contributed by atoms with E-state index in [9.17, 15) is 0 Å². The van der Waals surface area contributed by atoms with Gasteiger partial charge >= 0.3 is 0 Å². The fourth-order valence-corrected chi connectivity index (χ4v) is 2.73. The van der Waals surface area contributed by atoms with Gasteiger partial charge in [-0.3, -0.25) is 4.90 Å². The van der Waals surface area contributed by atoms with Gasteiger partial charge in [-0.25, -0.2) is 4.98 Å². The highest BCUT2D eigenvalue weighted by Crippen LogP contribution is 2.21. The molecule has 1 heterocycles. The Bertz CT molecular complexity index is 561. The third kappa shape index (κ3) is 3.71. The lowest BCUT2D eigenvalue weighted by atomic mass is 10.1. The summed E-state index contributed by atoms with van der Waals surface area (Å²) in [6.07, 6.45) is 4.95. The molecule has 0 radical (unpaired) electrons. The first-order valence-corrected chi connectivity index (χ1v) is 7.62. The summed E-state index contributed by atoms with van der Waals surface area (Å²) < 4.78 is 2.21. The van der Waals surface area contributed by atoms with Gasteiger partial charge in [0.2, 0.25) is 0 Å². The molecule has 0 aliphatic heterocycles. The van der Waals surface area contributed by atoms with Gasteiger partial charge in [0.25, 0.3) is 0 Å². The molecule has 0 saturated carbocycles. The Balaban J connectivity index is 2.17. The van der Waals surface area contributed by atoms with Crippen molar-refractivity contribution in [3.8, 4) is 0 Å². The molecule has 4 heteroatoms. The van der Waals surface area contributed by atoms with E-state index < -0.39 is 0 Å². The van der Waals surface area contributed by atoms with E-state index in [1.165, 1.54) is 16.8 Å². The van der Waals surface area contributed by atoms with Gasteiger partial charge in [-0.05, 0) is 31.5 Å². The third-order valence-electron chi connectivity index (χ3n) is 3.99. The zero-order chi connectivity index (χ0) is 15.2. The predicted octanol–water partition coefficient (Wildman–Crippen LogP) is 2.73. The number of benzene rings is 1. The highest BCUT2D eigenvalue weighted by molar-refractivity contribution is 5.25. The molecule has 0 spiro atoms. The summed E-state index contributed by atoms with van der Waals surface area (Å²) >= 11 is 0. The van der Waals surface area contributed by atoms with Crippen LogP contribution in [0.25, 0.3) is 0 Å². The molecule has 21 heavy (non-hydrogen) atoms. The molecule has 114 valence electrons. The van der Waals surface area contributed by atoms with Crippen LogP contribution in [0.15, 0.2) is 36.8 Å². The van der Waals surface area contributed by atoms with Crippen LogP contribution in [0.5, 0.6) is 0 Å². The van der Waals surface area contributed by atoms with Crippen molar-refractivity contribution >= 4 is 0 Å². The van der Waals surface area contributed by atoms with Crippen molar-refractivity contribution in [2.75, 3.05) is 13.6 Å². The predicted molar refractivity (Wildman–Crippen MR) is 87.0 cm³/mol. The molecule has 4 nitrogen and oxygen atoms in total. The number of aryl methyl sites for hydroxylation is 2. The molecule has 0 fully saturated rings. The maximum Gasteiger partial charge on any atom is 0.0948 e. The molecule has 2 aromatic rings. The molecule has 2 N–H and O–H groups in total. The van der Waals surface area contributed by atoms with Crippen molar-refractivity contribution in [2.45, 2.75) is 39.4 Å². The van der Waals surface area contributed by atoms with Crippen molar-refractivity contribution in [2.24, 2.45) is 5.73 Å². The number of hydrogen-bond acceptors (Lipinski definition) is 3. The molecular weight excluding hydrogens is 260 g/mol. The van der Waals surface area contributed by atoms with E-state index in [1.807, 2.05) is 12.5 Å². The second-order valence-corrected chi connectivity index (χ2v) is 5.60. The number of nitrogens with two attached hydrogens (primary N) is 1. The molecule has 1 aromatic carbocycles. The normalized spacial score (nSPS) is 12.8. The molecule has 1 atom stereocenters. The lowest BCUT2D eigenvalue weighted by molar-refractivity contribution is 0.231. The summed E-state index contributed by atoms with van der Waals surface area (Å²) in [7, 11) is 2.13. The van der Waals surface area contributed by atoms with Gasteiger partial charge in [0, 0.05) is 25.8 Å². The summed E-state index contributed by atoms with van der Waals surface area (Å²) in [6, 6.07) is 8.70. The average molecular weight is 286 g/mol. The number of aromatic nitrogens is 2. The minimum Gasteiger partial charge on any atom is -0.333 e. The highest BCUT2D eigenvalue weighted by Gasteiger charge is 2.19. The van der Waals surface area contributed by atoms with E-state index in [4.69, 9.17) is 5.73 Å². The molecule has 2 rings (SSSR count). The van der Waals surface area contributed by atoms with Crippen molar-refractivity contribution in [3.05, 3.63) is 53.6 Å². The van der Waals surface area contributed by atoms with E-state index >= 15 is 0 Å². The SMILES string of the molecule is CCCn1cncc1C(CN)N(C)Cc1ccccc1C. The molecule has 0 saturated heterocycles. The summed E-state index contributed by atoms with van der Waals surface area (Å²) in [4.78, 5) is 6.61. The molecule has 0 bridgehead atoms. The van der Waals surface area contributed by atoms with Crippen LogP contribution in [0.2, 0.25) is 0 Å². The maximum atomic E-state index is 6.04. The van der Waals surface area contributed by atoms with Gasteiger partial charge in [-0.15, -0.1) is 0 Å². The van der Waals surface area contributed by atoms with Crippen molar-refractivity contribution in [1.29, 1.82) is 0 Å². The fourth-order valence-electron chi connectivity index (χ4n) is 2.73. The topological polar surface area (TPSA) is 47.1 Å². The van der Waals surface area contributed by atoms with Gasteiger partial charge in [0.15, 0.2) is 0 Å². The first-order chi connectivity index (χ1) is 10.2. The Hall–Kier alpha value is -1.65. The second kappa shape index (κ2) is 7.38. The maximum absolute atomic E-state index is 6.04. The zero-order valence-electron chi connectivity index (χ0n) is 13.3. The number of rotatable bonds is 7. The second-order valence-electron chi connectivity index (χ2n) is 5.60. The summed E-state index contributed by atoms with van der Waals surface area (Å²) in [5, 5.41) is 0. The Labute approximate surface area is 127 Å². The van der Waals surface area contributed by atoms with Crippen molar-refractivity contribution in [1.82, 2.24) is 14.5 Å². The minimum atomic E-state index is 0.193. The van der Waals surface area contributed by atoms with E-state index in [1.54, 1.807) is 0 Å². The minimum absolute atomic E-state index is 0.193. The largest absolute Gasteiger partial charge is 0.333 e. The van der Waals surface area contributed by atoms with Crippen LogP contribution in [0.4, 0.5) is 0 Å². The van der Waals surface area contributed by atoms with E-state index in [-0.39, 0.29) is 6.04 Å². The van der Waals surface area contributed by atoms with Crippen LogP contribution >= 0.6 is 0 Å². The molecule has 1 aromatic heterocycles. The van der Waals surface area contributed by atoms with Crippen LogP contribution in [0.3, 0.4) is 0 Å². The highest BCUT2D eigenvalue weighted by atomic mass is 15.2. The van der Waals surface area contributed by atoms with Gasteiger partial charge in [0.05, 0.1) is 18.1 Å². The number of likely N-dealkylation sites (N-methyl/N-ethyl adjacent to an activating group) is 1.